The van der Waals surface area contributed by atoms with Gasteiger partial charge in [-0.3, -0.25) is 0 Å². The Bertz CT molecular complexity index is 356. The highest BCUT2D eigenvalue weighted by Gasteiger charge is 2.18. The molecule has 0 bridgehead atoms. The van der Waals surface area contributed by atoms with E-state index in [0.717, 1.165) is 19.0 Å². The van der Waals surface area contributed by atoms with Crippen molar-refractivity contribution < 1.29 is 9.67 Å². The van der Waals surface area contributed by atoms with Crippen molar-refractivity contribution in [3.05, 3.63) is 0 Å². The van der Waals surface area contributed by atoms with E-state index in [0.29, 0.717) is 6.16 Å². The molecule has 0 spiro atoms. The molecule has 0 aliphatic carbocycles. The third kappa shape index (κ3) is 20.9. The second-order valence-electron chi connectivity index (χ2n) is 9.28. The maximum atomic E-state index is 12.4. The lowest BCUT2D eigenvalue weighted by molar-refractivity contribution is 0.193. The van der Waals surface area contributed by atoms with Crippen molar-refractivity contribution in [2.24, 2.45) is 0 Å². The lowest BCUT2D eigenvalue weighted by atomic mass is 10.0. The molecule has 0 fully saturated rings. The van der Waals surface area contributed by atoms with Crippen LogP contribution in [0.25, 0.3) is 0 Å². The molecule has 0 aliphatic rings. The summed E-state index contributed by atoms with van der Waals surface area (Å²) >= 11 is 0. The van der Waals surface area contributed by atoms with E-state index < -0.39 is 7.14 Å². The second-order valence-corrected chi connectivity index (χ2v) is 12.7. The van der Waals surface area contributed by atoms with E-state index in [4.69, 9.17) is 0 Å². The summed E-state index contributed by atoms with van der Waals surface area (Å²) in [6.07, 6.45) is 26.6. The van der Waals surface area contributed by atoms with E-state index in [9.17, 15) is 9.67 Å². The van der Waals surface area contributed by atoms with Gasteiger partial charge in [0, 0.05) is 12.3 Å². The lowest BCUT2D eigenvalue weighted by Gasteiger charge is -2.16. The number of unbranched alkanes of at least 4 members (excludes halogenated alkanes) is 17. The monoisotopic (exact) mass is 416 g/mol. The quantitative estimate of drug-likeness (QED) is 0.141. The average Bonchev–Trinajstić information content (AvgIpc) is 2.66. The Morgan fingerprint density at radius 3 is 1.25 bits per heavy atom. The Kier molecular flexibility index (Phi) is 20.6. The number of aliphatic hydroxyl groups excluding tert-OH is 1. The lowest BCUT2D eigenvalue weighted by Crippen LogP contribution is -2.12. The molecule has 28 heavy (non-hydrogen) atoms. The fraction of sp³-hybridized carbons (Fsp3) is 1.00. The molecule has 0 aliphatic heterocycles. The van der Waals surface area contributed by atoms with Crippen molar-refractivity contribution in [1.29, 1.82) is 0 Å². The fourth-order valence-corrected chi connectivity index (χ4v) is 6.24. The summed E-state index contributed by atoms with van der Waals surface area (Å²) in [5, 5.41) is 9.67. The molecule has 2 unspecified atom stereocenters. The second kappa shape index (κ2) is 20.5. The van der Waals surface area contributed by atoms with E-state index in [1.165, 1.54) is 109 Å². The smallest absolute Gasteiger partial charge is 0.0873 e. The van der Waals surface area contributed by atoms with E-state index in [2.05, 4.69) is 6.92 Å². The zero-order valence-electron chi connectivity index (χ0n) is 19.7. The number of aliphatic hydroxyl groups is 1. The molecule has 0 heterocycles. The standard InChI is InChI=1S/C25H53O2P/c1-4-6-7-8-9-10-11-12-13-14-15-16-17-18-19-20-21-22-23-28(3,27)24-25(26)5-2/h25-26H,4-24H2,1-3H3. The van der Waals surface area contributed by atoms with Crippen molar-refractivity contribution in [1.82, 2.24) is 0 Å². The van der Waals surface area contributed by atoms with E-state index in [1.807, 2.05) is 13.6 Å². The van der Waals surface area contributed by atoms with Crippen LogP contribution in [0, 0.1) is 0 Å². The van der Waals surface area contributed by atoms with Gasteiger partial charge >= 0.3 is 0 Å². The topological polar surface area (TPSA) is 37.3 Å². The normalized spacial score (nSPS) is 14.9. The summed E-state index contributed by atoms with van der Waals surface area (Å²) in [6.45, 7) is 6.12. The molecular weight excluding hydrogens is 363 g/mol. The van der Waals surface area contributed by atoms with E-state index in [-0.39, 0.29) is 6.10 Å². The first kappa shape index (κ1) is 28.2. The van der Waals surface area contributed by atoms with Crippen LogP contribution in [0.3, 0.4) is 0 Å². The van der Waals surface area contributed by atoms with Gasteiger partial charge in [-0.2, -0.15) is 0 Å². The van der Waals surface area contributed by atoms with Crippen molar-refractivity contribution in [3.63, 3.8) is 0 Å². The minimum atomic E-state index is -2.11. The van der Waals surface area contributed by atoms with Crippen molar-refractivity contribution >= 4 is 7.14 Å². The Morgan fingerprint density at radius 2 is 0.929 bits per heavy atom. The SMILES string of the molecule is CCCCCCCCCCCCCCCCCCCCP(C)(=O)CC(O)CC. The van der Waals surface area contributed by atoms with Gasteiger partial charge in [0.05, 0.1) is 13.2 Å². The Labute approximate surface area is 178 Å². The number of hydrogen-bond donors (Lipinski definition) is 1. The predicted molar refractivity (Wildman–Crippen MR) is 128 cm³/mol. The van der Waals surface area contributed by atoms with Gasteiger partial charge in [0.15, 0.2) is 0 Å². The van der Waals surface area contributed by atoms with Gasteiger partial charge in [0.25, 0.3) is 0 Å². The molecular formula is C25H53O2P. The van der Waals surface area contributed by atoms with E-state index in [1.54, 1.807) is 0 Å². The van der Waals surface area contributed by atoms with Crippen LogP contribution in [0.5, 0.6) is 0 Å². The Hall–Kier alpha value is 0.190. The summed E-state index contributed by atoms with van der Waals surface area (Å²) in [6, 6.07) is 0. The summed E-state index contributed by atoms with van der Waals surface area (Å²) in [5.74, 6) is 0. The van der Waals surface area contributed by atoms with Gasteiger partial charge in [-0.1, -0.05) is 123 Å². The summed E-state index contributed by atoms with van der Waals surface area (Å²) in [7, 11) is -2.11. The Balaban J connectivity index is 3.21. The van der Waals surface area contributed by atoms with Gasteiger partial charge in [-0.25, -0.2) is 0 Å². The molecule has 0 aromatic rings. The molecule has 0 rings (SSSR count). The minimum Gasteiger partial charge on any atom is -0.393 e. The van der Waals surface area contributed by atoms with Gasteiger partial charge in [0.1, 0.15) is 0 Å². The molecule has 0 aromatic carbocycles. The first-order valence-electron chi connectivity index (χ1n) is 12.8. The maximum absolute atomic E-state index is 12.4. The molecule has 0 radical (unpaired) electrons. The summed E-state index contributed by atoms with van der Waals surface area (Å²) in [4.78, 5) is 0. The van der Waals surface area contributed by atoms with Crippen LogP contribution in [-0.4, -0.2) is 30.2 Å². The third-order valence-corrected chi connectivity index (χ3v) is 8.51. The highest BCUT2D eigenvalue weighted by atomic mass is 31.2. The van der Waals surface area contributed by atoms with Crippen LogP contribution in [0.1, 0.15) is 136 Å². The van der Waals surface area contributed by atoms with Crippen molar-refractivity contribution in [2.45, 2.75) is 142 Å². The van der Waals surface area contributed by atoms with Crippen LogP contribution in [0.4, 0.5) is 0 Å². The molecule has 1 N–H and O–H groups in total. The van der Waals surface area contributed by atoms with Crippen LogP contribution in [0.2, 0.25) is 0 Å². The van der Waals surface area contributed by atoms with Gasteiger partial charge in [-0.05, 0) is 19.5 Å². The molecule has 2 nitrogen and oxygen atoms in total. The largest absolute Gasteiger partial charge is 0.393 e. The minimum absolute atomic E-state index is 0.369. The van der Waals surface area contributed by atoms with Crippen LogP contribution in [0.15, 0.2) is 0 Å². The zero-order valence-corrected chi connectivity index (χ0v) is 20.6. The molecule has 0 amide bonds. The van der Waals surface area contributed by atoms with Crippen LogP contribution >= 0.6 is 7.14 Å². The van der Waals surface area contributed by atoms with Crippen LogP contribution < -0.4 is 0 Å². The van der Waals surface area contributed by atoms with Crippen molar-refractivity contribution in [3.8, 4) is 0 Å². The maximum Gasteiger partial charge on any atom is 0.0873 e. The van der Waals surface area contributed by atoms with E-state index >= 15 is 0 Å². The first-order chi connectivity index (χ1) is 13.5. The summed E-state index contributed by atoms with van der Waals surface area (Å²) < 4.78 is 12.4. The molecule has 0 aromatic heterocycles. The zero-order chi connectivity index (χ0) is 20.9. The van der Waals surface area contributed by atoms with Gasteiger partial charge in [0.2, 0.25) is 0 Å². The Morgan fingerprint density at radius 1 is 0.607 bits per heavy atom. The summed E-state index contributed by atoms with van der Waals surface area (Å²) in [5.41, 5.74) is 0. The molecule has 170 valence electrons. The third-order valence-electron chi connectivity index (χ3n) is 6.05. The van der Waals surface area contributed by atoms with Crippen molar-refractivity contribution in [2.75, 3.05) is 19.0 Å². The van der Waals surface area contributed by atoms with Gasteiger partial charge in [-0.15, -0.1) is 0 Å². The highest BCUT2D eigenvalue weighted by Crippen LogP contribution is 2.43. The molecule has 0 saturated carbocycles. The molecule has 0 saturated heterocycles. The van der Waals surface area contributed by atoms with Crippen LogP contribution in [-0.2, 0) is 4.57 Å². The number of hydrogen-bond acceptors (Lipinski definition) is 2. The predicted octanol–water partition coefficient (Wildman–Crippen LogP) is 8.79. The first-order valence-corrected chi connectivity index (χ1v) is 15.3. The van der Waals surface area contributed by atoms with Gasteiger partial charge < -0.3 is 9.67 Å². The average molecular weight is 417 g/mol. The number of rotatable bonds is 22. The molecule has 2 atom stereocenters. The molecule has 3 heteroatoms. The fourth-order valence-electron chi connectivity index (χ4n) is 4.01. The highest BCUT2D eigenvalue weighted by molar-refractivity contribution is 7.63.